The molecule has 0 aliphatic rings. The normalized spacial score (nSPS) is 12.3. The van der Waals surface area contributed by atoms with Crippen molar-refractivity contribution in [2.75, 3.05) is 0 Å². The Morgan fingerprint density at radius 3 is 1.97 bits per heavy atom. The van der Waals surface area contributed by atoms with Crippen LogP contribution in [0.15, 0.2) is 116 Å². The second-order valence-electron chi connectivity index (χ2n) is 8.57. The molecule has 0 N–H and O–H groups in total. The fourth-order valence-corrected chi connectivity index (χ4v) is 8.46. The molecule has 35 heavy (non-hydrogen) atoms. The smallest absolute Gasteiger partial charge is 0.0355 e. The molecule has 2 aromatic heterocycles. The van der Waals surface area contributed by atoms with Gasteiger partial charge in [0.15, 0.2) is 0 Å². The van der Waals surface area contributed by atoms with E-state index in [2.05, 4.69) is 118 Å². The predicted octanol–water partition coefficient (Wildman–Crippen LogP) is 9.77. The number of hydrogen-bond acceptors (Lipinski definition) is 2. The SMILES string of the molecule is C=C/C=C\c1sc(-c2ccc(P(C(=C)C)c3ccc(-c4cc5ccccc5s4)cc3)cc2)cc1C. The average molecular weight is 507 g/mol. The van der Waals surface area contributed by atoms with Crippen molar-refractivity contribution in [2.45, 2.75) is 13.8 Å². The first-order valence-corrected chi connectivity index (χ1v) is 14.6. The highest BCUT2D eigenvalue weighted by atomic mass is 32.1. The Morgan fingerprint density at radius 2 is 1.40 bits per heavy atom. The van der Waals surface area contributed by atoms with E-state index >= 15 is 0 Å². The van der Waals surface area contributed by atoms with Gasteiger partial charge in [0.2, 0.25) is 0 Å². The number of rotatable bonds is 7. The summed E-state index contributed by atoms with van der Waals surface area (Å²) >= 11 is 3.68. The van der Waals surface area contributed by atoms with Crippen molar-refractivity contribution in [1.82, 2.24) is 0 Å². The number of benzene rings is 3. The maximum Gasteiger partial charge on any atom is 0.0355 e. The van der Waals surface area contributed by atoms with Crippen molar-refractivity contribution in [3.63, 3.8) is 0 Å². The standard InChI is InChI=1S/C32H27PS2/c1-5-6-10-29-23(4)20-31(34-29)24-12-16-27(17-13-24)33(22(2)3)28-18-14-25(15-19-28)32-21-26-9-7-8-11-30(26)35-32/h5-21H,1-2H2,3-4H3/b10-6-. The van der Waals surface area contributed by atoms with Gasteiger partial charge in [0, 0.05) is 19.3 Å². The lowest BCUT2D eigenvalue weighted by Crippen LogP contribution is -2.12. The Kier molecular flexibility index (Phi) is 6.97. The minimum absolute atomic E-state index is 0.611. The monoisotopic (exact) mass is 506 g/mol. The molecule has 172 valence electrons. The molecule has 0 fully saturated rings. The molecule has 3 heteroatoms. The number of allylic oxidation sites excluding steroid dienone is 3. The molecule has 0 amide bonds. The van der Waals surface area contributed by atoms with Crippen LogP contribution in [0.25, 0.3) is 37.0 Å². The Hall–Kier alpha value is -3.03. The van der Waals surface area contributed by atoms with Gasteiger partial charge in [-0.1, -0.05) is 92.0 Å². The number of aryl methyl sites for hydroxylation is 1. The molecule has 3 aromatic carbocycles. The molecule has 0 aliphatic heterocycles. The molecule has 0 radical (unpaired) electrons. The quantitative estimate of drug-likeness (QED) is 0.152. The lowest BCUT2D eigenvalue weighted by atomic mass is 10.1. The molecule has 0 spiro atoms. The van der Waals surface area contributed by atoms with Gasteiger partial charge in [0.1, 0.15) is 0 Å². The van der Waals surface area contributed by atoms with Crippen LogP contribution < -0.4 is 10.6 Å². The highest BCUT2D eigenvalue weighted by Gasteiger charge is 2.16. The van der Waals surface area contributed by atoms with Gasteiger partial charge in [-0.15, -0.1) is 22.7 Å². The van der Waals surface area contributed by atoms with Crippen LogP contribution in [0.3, 0.4) is 0 Å². The summed E-state index contributed by atoms with van der Waals surface area (Å²) in [6, 6.07) is 31.3. The molecular formula is C32H27PS2. The average Bonchev–Trinajstić information content (AvgIpc) is 3.47. The lowest BCUT2D eigenvalue weighted by Gasteiger charge is -2.19. The van der Waals surface area contributed by atoms with E-state index in [0.29, 0.717) is 0 Å². The van der Waals surface area contributed by atoms with Crippen LogP contribution in [0.2, 0.25) is 0 Å². The van der Waals surface area contributed by atoms with E-state index in [1.54, 1.807) is 0 Å². The third kappa shape index (κ3) is 5.02. The van der Waals surface area contributed by atoms with E-state index in [1.807, 2.05) is 34.8 Å². The molecule has 1 atom stereocenters. The second-order valence-corrected chi connectivity index (χ2v) is 13.2. The Labute approximate surface area is 217 Å². The van der Waals surface area contributed by atoms with Crippen molar-refractivity contribution < 1.29 is 0 Å². The fourth-order valence-electron chi connectivity index (χ4n) is 4.22. The van der Waals surface area contributed by atoms with Gasteiger partial charge in [-0.25, -0.2) is 0 Å². The van der Waals surface area contributed by atoms with Gasteiger partial charge < -0.3 is 0 Å². The van der Waals surface area contributed by atoms with Gasteiger partial charge in [-0.3, -0.25) is 0 Å². The summed E-state index contributed by atoms with van der Waals surface area (Å²) in [5.41, 5.74) is 3.84. The van der Waals surface area contributed by atoms with Crippen molar-refractivity contribution in [1.29, 1.82) is 0 Å². The lowest BCUT2D eigenvalue weighted by molar-refractivity contribution is 1.53. The van der Waals surface area contributed by atoms with Gasteiger partial charge >= 0.3 is 0 Å². The molecule has 2 heterocycles. The van der Waals surface area contributed by atoms with Crippen molar-refractivity contribution in [2.24, 2.45) is 0 Å². The molecule has 1 unspecified atom stereocenters. The topological polar surface area (TPSA) is 0 Å². The van der Waals surface area contributed by atoms with E-state index in [0.717, 1.165) is 0 Å². The molecule has 5 rings (SSSR count). The van der Waals surface area contributed by atoms with Gasteiger partial charge in [-0.05, 0) is 84.0 Å². The number of hydrogen-bond donors (Lipinski definition) is 0. The fraction of sp³-hybridized carbons (Fsp3) is 0.0625. The van der Waals surface area contributed by atoms with E-state index in [1.165, 1.54) is 57.3 Å². The van der Waals surface area contributed by atoms with Gasteiger partial charge in [-0.2, -0.15) is 0 Å². The summed E-state index contributed by atoms with van der Waals surface area (Å²) in [7, 11) is -0.611. The van der Waals surface area contributed by atoms with Crippen LogP contribution in [-0.4, -0.2) is 0 Å². The van der Waals surface area contributed by atoms with E-state index in [-0.39, 0.29) is 0 Å². The van der Waals surface area contributed by atoms with E-state index < -0.39 is 7.92 Å². The van der Waals surface area contributed by atoms with Gasteiger partial charge in [0.05, 0.1) is 0 Å². The third-order valence-corrected chi connectivity index (χ3v) is 10.8. The van der Waals surface area contributed by atoms with Crippen LogP contribution in [-0.2, 0) is 0 Å². The first-order valence-electron chi connectivity index (χ1n) is 11.6. The maximum atomic E-state index is 4.36. The van der Waals surface area contributed by atoms with E-state index in [4.69, 9.17) is 0 Å². The molecular weight excluding hydrogens is 479 g/mol. The second kappa shape index (κ2) is 10.3. The van der Waals surface area contributed by atoms with Crippen LogP contribution in [0.5, 0.6) is 0 Å². The first kappa shape index (κ1) is 23.7. The van der Waals surface area contributed by atoms with Gasteiger partial charge in [0.25, 0.3) is 0 Å². The molecule has 0 nitrogen and oxygen atoms in total. The zero-order chi connectivity index (χ0) is 24.4. The minimum Gasteiger partial charge on any atom is -0.136 e. The third-order valence-electron chi connectivity index (χ3n) is 5.97. The Bertz CT molecular complexity index is 1500. The van der Waals surface area contributed by atoms with Crippen molar-refractivity contribution in [3.8, 4) is 20.9 Å². The summed E-state index contributed by atoms with van der Waals surface area (Å²) in [5, 5.41) is 5.21. The van der Waals surface area contributed by atoms with Crippen molar-refractivity contribution >= 4 is 57.4 Å². The summed E-state index contributed by atoms with van der Waals surface area (Å²) < 4.78 is 1.33. The summed E-state index contributed by atoms with van der Waals surface area (Å²) in [5.74, 6) is 0. The first-order chi connectivity index (χ1) is 17.0. The minimum atomic E-state index is -0.611. The molecule has 0 saturated carbocycles. The predicted molar refractivity (Wildman–Crippen MR) is 162 cm³/mol. The van der Waals surface area contributed by atoms with Crippen LogP contribution in [0.4, 0.5) is 0 Å². The van der Waals surface area contributed by atoms with Crippen LogP contribution >= 0.6 is 30.6 Å². The number of thiophene rings is 2. The highest BCUT2D eigenvalue weighted by molar-refractivity contribution is 7.76. The highest BCUT2D eigenvalue weighted by Crippen LogP contribution is 2.43. The largest absolute Gasteiger partial charge is 0.136 e. The number of fused-ring (bicyclic) bond motifs is 1. The molecule has 0 saturated heterocycles. The van der Waals surface area contributed by atoms with Crippen LogP contribution in [0.1, 0.15) is 17.4 Å². The molecule has 0 aliphatic carbocycles. The maximum absolute atomic E-state index is 4.36. The summed E-state index contributed by atoms with van der Waals surface area (Å²) in [6.07, 6.45) is 5.95. The summed E-state index contributed by atoms with van der Waals surface area (Å²) in [6.45, 7) is 12.5. The van der Waals surface area contributed by atoms with E-state index in [9.17, 15) is 0 Å². The van der Waals surface area contributed by atoms with Crippen LogP contribution in [0, 0.1) is 6.92 Å². The zero-order valence-electron chi connectivity index (χ0n) is 20.0. The zero-order valence-corrected chi connectivity index (χ0v) is 22.5. The van der Waals surface area contributed by atoms with Crippen molar-refractivity contribution in [3.05, 3.63) is 126 Å². The summed E-state index contributed by atoms with van der Waals surface area (Å²) in [4.78, 5) is 3.90. The molecule has 5 aromatic rings. The molecule has 0 bridgehead atoms. The Balaban J connectivity index is 1.41. The Morgan fingerprint density at radius 1 is 0.800 bits per heavy atom.